The van der Waals surface area contributed by atoms with Crippen molar-refractivity contribution in [3.05, 3.63) is 27.3 Å². The van der Waals surface area contributed by atoms with Gasteiger partial charge in [0.05, 0.1) is 20.1 Å². The summed E-state index contributed by atoms with van der Waals surface area (Å²) in [5, 5.41) is 12.3. The smallest absolute Gasteiger partial charge is 0.294 e. The molecule has 0 aliphatic carbocycles. The Morgan fingerprint density at radius 3 is 2.81 bits per heavy atom. The third-order valence-electron chi connectivity index (χ3n) is 4.08. The number of nitro benzene ring substituents is 1. The van der Waals surface area contributed by atoms with Crippen molar-refractivity contribution < 1.29 is 4.92 Å². The summed E-state index contributed by atoms with van der Waals surface area (Å²) >= 11 is 1.49. The predicted octanol–water partition coefficient (Wildman–Crippen LogP) is 2.69. The molecular weight excluding hydrogens is 288 g/mol. The Kier molecular flexibility index (Phi) is 3.77. The van der Waals surface area contributed by atoms with Crippen LogP contribution in [0, 0.1) is 23.0 Å². The molecule has 1 aliphatic heterocycles. The summed E-state index contributed by atoms with van der Waals surface area (Å²) in [4.78, 5) is 17.6. The van der Waals surface area contributed by atoms with Gasteiger partial charge in [-0.1, -0.05) is 0 Å². The number of nitrogens with zero attached hydrogens (tertiary/aromatic N) is 3. The molecule has 6 nitrogen and oxygen atoms in total. The van der Waals surface area contributed by atoms with Gasteiger partial charge in [-0.15, -0.1) is 11.3 Å². The highest BCUT2D eigenvalue weighted by Crippen LogP contribution is 2.36. The first-order chi connectivity index (χ1) is 10.1. The van der Waals surface area contributed by atoms with E-state index in [-0.39, 0.29) is 10.6 Å². The van der Waals surface area contributed by atoms with E-state index in [2.05, 4.69) is 9.88 Å². The molecule has 0 bridgehead atoms. The zero-order valence-corrected chi connectivity index (χ0v) is 12.7. The zero-order chi connectivity index (χ0) is 15.0. The normalized spacial score (nSPS) is 16.6. The largest absolute Gasteiger partial charge is 0.366 e. The molecule has 1 saturated heterocycles. The second-order valence-electron chi connectivity index (χ2n) is 5.46. The quantitative estimate of drug-likeness (QED) is 0.696. The monoisotopic (exact) mass is 306 g/mol. The van der Waals surface area contributed by atoms with Crippen LogP contribution in [0.25, 0.3) is 10.2 Å². The molecule has 1 aromatic carbocycles. The minimum absolute atomic E-state index is 0.178. The average Bonchev–Trinajstić information content (AvgIpc) is 2.85. The highest BCUT2D eigenvalue weighted by molar-refractivity contribution is 7.18. The molecule has 1 aliphatic rings. The number of hydrogen-bond donors (Lipinski definition) is 1. The molecule has 1 aromatic heterocycles. The maximum atomic E-state index is 11.4. The highest BCUT2D eigenvalue weighted by Gasteiger charge is 2.25. The van der Waals surface area contributed by atoms with E-state index < -0.39 is 0 Å². The fraction of sp³-hybridized carbons (Fsp3) is 0.500. The van der Waals surface area contributed by atoms with Crippen molar-refractivity contribution in [1.82, 2.24) is 4.98 Å². The van der Waals surface area contributed by atoms with Crippen LogP contribution < -0.4 is 10.6 Å². The number of anilines is 1. The number of aryl methyl sites for hydroxylation is 1. The van der Waals surface area contributed by atoms with Gasteiger partial charge in [0.15, 0.2) is 0 Å². The molecule has 0 spiro atoms. The lowest BCUT2D eigenvalue weighted by atomic mass is 9.96. The Morgan fingerprint density at radius 1 is 1.48 bits per heavy atom. The van der Waals surface area contributed by atoms with Crippen LogP contribution in [0.3, 0.4) is 0 Å². The van der Waals surface area contributed by atoms with Gasteiger partial charge in [-0.3, -0.25) is 10.1 Å². The lowest BCUT2D eigenvalue weighted by Crippen LogP contribution is -2.36. The van der Waals surface area contributed by atoms with Crippen LogP contribution in [-0.2, 0) is 0 Å². The van der Waals surface area contributed by atoms with E-state index in [1.54, 1.807) is 6.07 Å². The molecule has 2 N–H and O–H groups in total. The van der Waals surface area contributed by atoms with E-state index in [1.165, 1.54) is 11.3 Å². The van der Waals surface area contributed by atoms with Gasteiger partial charge in [0.2, 0.25) is 0 Å². The Bertz CT molecular complexity index is 677. The zero-order valence-electron chi connectivity index (χ0n) is 11.9. The number of nitrogens with two attached hydrogens (primary N) is 1. The van der Waals surface area contributed by atoms with Gasteiger partial charge in [-0.25, -0.2) is 4.98 Å². The van der Waals surface area contributed by atoms with Crippen LogP contribution >= 0.6 is 11.3 Å². The molecule has 21 heavy (non-hydrogen) atoms. The van der Waals surface area contributed by atoms with Gasteiger partial charge in [0.25, 0.3) is 5.69 Å². The van der Waals surface area contributed by atoms with Gasteiger partial charge < -0.3 is 10.6 Å². The van der Waals surface area contributed by atoms with Crippen molar-refractivity contribution in [2.45, 2.75) is 19.8 Å². The second-order valence-corrected chi connectivity index (χ2v) is 6.70. The SMILES string of the molecule is Cc1nc2cc(N3CCC(CN)CC3)c([N+](=O)[O-])cc2s1. The van der Waals surface area contributed by atoms with Crippen LogP contribution in [0.15, 0.2) is 12.1 Å². The van der Waals surface area contributed by atoms with Crippen molar-refractivity contribution in [3.63, 3.8) is 0 Å². The minimum Gasteiger partial charge on any atom is -0.366 e. The van der Waals surface area contributed by atoms with Gasteiger partial charge in [-0.2, -0.15) is 0 Å². The van der Waals surface area contributed by atoms with Crippen LogP contribution in [0.5, 0.6) is 0 Å². The average molecular weight is 306 g/mol. The number of nitro groups is 1. The summed E-state index contributed by atoms with van der Waals surface area (Å²) in [5.74, 6) is 0.533. The molecule has 0 atom stereocenters. The number of hydrogen-bond acceptors (Lipinski definition) is 6. The third kappa shape index (κ3) is 2.71. The molecule has 0 amide bonds. The first-order valence-electron chi connectivity index (χ1n) is 7.09. The van der Waals surface area contributed by atoms with E-state index in [0.29, 0.717) is 18.2 Å². The molecule has 1 fully saturated rings. The maximum absolute atomic E-state index is 11.4. The second kappa shape index (κ2) is 5.57. The lowest BCUT2D eigenvalue weighted by Gasteiger charge is -2.32. The van der Waals surface area contributed by atoms with E-state index in [0.717, 1.165) is 41.2 Å². The topological polar surface area (TPSA) is 85.3 Å². The van der Waals surface area contributed by atoms with Crippen LogP contribution in [-0.4, -0.2) is 29.5 Å². The Morgan fingerprint density at radius 2 is 2.19 bits per heavy atom. The van der Waals surface area contributed by atoms with Gasteiger partial charge in [0.1, 0.15) is 5.69 Å². The molecular formula is C14H18N4O2S. The number of rotatable bonds is 3. The summed E-state index contributed by atoms with van der Waals surface area (Å²) < 4.78 is 0.875. The highest BCUT2D eigenvalue weighted by atomic mass is 32.1. The predicted molar refractivity (Wildman–Crippen MR) is 85.0 cm³/mol. The van der Waals surface area contributed by atoms with E-state index in [9.17, 15) is 10.1 Å². The number of thiazole rings is 1. The first-order valence-corrected chi connectivity index (χ1v) is 7.90. The molecule has 0 unspecified atom stereocenters. The van der Waals surface area contributed by atoms with E-state index >= 15 is 0 Å². The summed E-state index contributed by atoms with van der Waals surface area (Å²) in [6.07, 6.45) is 1.98. The van der Waals surface area contributed by atoms with Crippen molar-refractivity contribution in [1.29, 1.82) is 0 Å². The van der Waals surface area contributed by atoms with Crippen molar-refractivity contribution in [3.8, 4) is 0 Å². The summed E-state index contributed by atoms with van der Waals surface area (Å²) in [6, 6.07) is 3.52. The number of aromatic nitrogens is 1. The Labute approximate surface area is 126 Å². The van der Waals surface area contributed by atoms with E-state index in [4.69, 9.17) is 5.73 Å². The fourth-order valence-corrected chi connectivity index (χ4v) is 3.72. The van der Waals surface area contributed by atoms with Crippen molar-refractivity contribution in [2.24, 2.45) is 11.7 Å². The molecule has 7 heteroatoms. The summed E-state index contributed by atoms with van der Waals surface area (Å²) in [5.41, 5.74) is 7.42. The number of benzene rings is 1. The van der Waals surface area contributed by atoms with Gasteiger partial charge in [0, 0.05) is 19.2 Å². The number of piperidine rings is 1. The van der Waals surface area contributed by atoms with Gasteiger partial charge in [-0.05, 0) is 38.3 Å². The van der Waals surface area contributed by atoms with E-state index in [1.807, 2.05) is 13.0 Å². The lowest BCUT2D eigenvalue weighted by molar-refractivity contribution is -0.384. The van der Waals surface area contributed by atoms with Crippen molar-refractivity contribution in [2.75, 3.05) is 24.5 Å². The first kappa shape index (κ1) is 14.2. The molecule has 2 aromatic rings. The minimum atomic E-state index is -0.293. The van der Waals surface area contributed by atoms with Crippen LogP contribution in [0.4, 0.5) is 11.4 Å². The fourth-order valence-electron chi connectivity index (χ4n) is 2.88. The molecule has 0 saturated carbocycles. The Hall–Kier alpha value is -1.73. The molecule has 112 valence electrons. The number of fused-ring (bicyclic) bond motifs is 1. The molecule has 0 radical (unpaired) electrons. The van der Waals surface area contributed by atoms with Crippen LogP contribution in [0.2, 0.25) is 0 Å². The Balaban J connectivity index is 1.99. The molecule has 3 rings (SSSR count). The third-order valence-corrected chi connectivity index (χ3v) is 5.01. The van der Waals surface area contributed by atoms with Crippen LogP contribution in [0.1, 0.15) is 17.8 Å². The maximum Gasteiger partial charge on any atom is 0.294 e. The summed E-state index contributed by atoms with van der Waals surface area (Å²) in [7, 11) is 0. The molecule has 2 heterocycles. The summed E-state index contributed by atoms with van der Waals surface area (Å²) in [6.45, 7) is 4.25. The van der Waals surface area contributed by atoms with Crippen molar-refractivity contribution >= 4 is 32.9 Å². The standard InChI is InChI=1S/C14H18N4O2S/c1-9-16-11-6-12(13(18(19)20)7-14(11)21-9)17-4-2-10(8-15)3-5-17/h6-7,10H,2-5,8,15H2,1H3. The van der Waals surface area contributed by atoms with Gasteiger partial charge >= 0.3 is 0 Å².